The Balaban J connectivity index is 1.63. The van der Waals surface area contributed by atoms with Crippen LogP contribution in [0.4, 0.5) is 4.39 Å². The fourth-order valence-corrected chi connectivity index (χ4v) is 9.92. The van der Waals surface area contributed by atoms with E-state index in [-0.39, 0.29) is 17.4 Å². The number of carbonyl (C=O) groups is 1. The molecule has 0 aliphatic carbocycles. The summed E-state index contributed by atoms with van der Waals surface area (Å²) >= 11 is 0. The van der Waals surface area contributed by atoms with E-state index in [1.54, 1.807) is 12.1 Å². The van der Waals surface area contributed by atoms with Gasteiger partial charge in [0.2, 0.25) is 0 Å². The fourth-order valence-electron chi connectivity index (χ4n) is 5.03. The number of nitrogens with zero attached hydrogens (tertiary/aromatic N) is 1. The van der Waals surface area contributed by atoms with Crippen molar-refractivity contribution >= 4 is 29.1 Å². The number of carbonyl (C=O) groups excluding carboxylic acids is 1. The van der Waals surface area contributed by atoms with E-state index < -0.39 is 7.26 Å². The molecule has 1 fully saturated rings. The molecule has 1 aliphatic rings. The number of hydrogen-bond acceptors (Lipinski definition) is 1. The molecule has 0 unspecified atom stereocenters. The van der Waals surface area contributed by atoms with Crippen LogP contribution in [0.2, 0.25) is 0 Å². The zero-order valence-corrected chi connectivity index (χ0v) is 19.2. The average molecular weight is 455 g/mol. The summed E-state index contributed by atoms with van der Waals surface area (Å²) in [5, 5.41) is 3.68. The lowest BCUT2D eigenvalue weighted by Crippen LogP contribution is -2.42. The highest BCUT2D eigenvalue weighted by Gasteiger charge is 2.58. The largest absolute Gasteiger partial charge is 0.335 e. The Bertz CT molecular complexity index is 1120. The first-order valence-corrected chi connectivity index (χ1v) is 13.1. The van der Waals surface area contributed by atoms with E-state index in [0.717, 1.165) is 12.0 Å². The predicted octanol–water partition coefficient (Wildman–Crippen LogP) is 4.92. The minimum absolute atomic E-state index is 0.134. The first-order chi connectivity index (χ1) is 16.2. The quantitative estimate of drug-likeness (QED) is 0.379. The summed E-state index contributed by atoms with van der Waals surface area (Å²) in [6, 6.07) is 38.1. The van der Waals surface area contributed by atoms with E-state index in [9.17, 15) is 9.18 Å². The van der Waals surface area contributed by atoms with Crippen molar-refractivity contribution in [2.45, 2.75) is 18.6 Å². The van der Waals surface area contributed by atoms with Gasteiger partial charge in [0.05, 0.1) is 0 Å². The standard InChI is InChI=1S/C29H26FNOP/c30-24-18-16-23(17-19-24)22-31-21-20-28(29(31)32)33(25-10-4-1-5-11-25,26-12-6-2-7-13-26)27-14-8-3-9-15-27/h1-19,28H,20-22H2/q+1/t28-/m1/s1. The SMILES string of the molecule is O=C1[C@H]([P+](c2ccccc2)(c2ccccc2)c2ccccc2)CCN1Cc1ccc(F)cc1. The number of rotatable bonds is 6. The molecule has 4 aromatic carbocycles. The third kappa shape index (κ3) is 3.98. The summed E-state index contributed by atoms with van der Waals surface area (Å²) in [6.45, 7) is 1.21. The highest BCUT2D eigenvalue weighted by Crippen LogP contribution is 2.62. The number of benzene rings is 4. The predicted molar refractivity (Wildman–Crippen MR) is 135 cm³/mol. The Labute approximate surface area is 195 Å². The summed E-state index contributed by atoms with van der Waals surface area (Å²) in [5.74, 6) is -0.0734. The van der Waals surface area contributed by atoms with Crippen LogP contribution in [-0.4, -0.2) is 23.0 Å². The Kier molecular flexibility index (Phi) is 6.07. The van der Waals surface area contributed by atoms with Gasteiger partial charge in [0, 0.05) is 19.5 Å². The van der Waals surface area contributed by atoms with Gasteiger partial charge in [0.25, 0.3) is 5.91 Å². The molecule has 0 bridgehead atoms. The van der Waals surface area contributed by atoms with E-state index >= 15 is 0 Å². The molecule has 1 aliphatic heterocycles. The Morgan fingerprint density at radius 2 is 1.15 bits per heavy atom. The minimum atomic E-state index is -2.26. The van der Waals surface area contributed by atoms with Crippen molar-refractivity contribution in [1.29, 1.82) is 0 Å². The van der Waals surface area contributed by atoms with Crippen LogP contribution in [0, 0.1) is 5.82 Å². The summed E-state index contributed by atoms with van der Waals surface area (Å²) in [6.07, 6.45) is 0.798. The van der Waals surface area contributed by atoms with Crippen LogP contribution >= 0.6 is 7.26 Å². The van der Waals surface area contributed by atoms with Crippen LogP contribution in [0.5, 0.6) is 0 Å². The lowest BCUT2D eigenvalue weighted by molar-refractivity contribution is -0.127. The van der Waals surface area contributed by atoms with Gasteiger partial charge in [-0.1, -0.05) is 66.7 Å². The number of hydrogen-bond donors (Lipinski definition) is 0. The Morgan fingerprint density at radius 1 is 0.697 bits per heavy atom. The summed E-state index contributed by atoms with van der Waals surface area (Å²) in [5.41, 5.74) is 0.818. The number of amides is 1. The van der Waals surface area contributed by atoms with Gasteiger partial charge in [-0.2, -0.15) is 0 Å². The second-order valence-corrected chi connectivity index (χ2v) is 12.0. The monoisotopic (exact) mass is 454 g/mol. The molecule has 1 saturated heterocycles. The second-order valence-electron chi connectivity index (χ2n) is 8.42. The smallest absolute Gasteiger partial charge is 0.264 e. The van der Waals surface area contributed by atoms with Crippen molar-refractivity contribution in [1.82, 2.24) is 4.90 Å². The molecule has 1 amide bonds. The van der Waals surface area contributed by atoms with Crippen molar-refractivity contribution in [3.8, 4) is 0 Å². The molecule has 4 heteroatoms. The molecule has 0 spiro atoms. The fraction of sp³-hybridized carbons (Fsp3) is 0.138. The summed E-state index contributed by atoms with van der Waals surface area (Å²) in [7, 11) is -2.26. The van der Waals surface area contributed by atoms with E-state index in [1.807, 2.05) is 23.1 Å². The molecular weight excluding hydrogens is 428 g/mol. The topological polar surface area (TPSA) is 20.3 Å². The van der Waals surface area contributed by atoms with E-state index in [2.05, 4.69) is 72.8 Å². The first kappa shape index (κ1) is 21.6. The van der Waals surface area contributed by atoms with Crippen LogP contribution < -0.4 is 15.9 Å². The van der Waals surface area contributed by atoms with Crippen LogP contribution in [0.25, 0.3) is 0 Å². The van der Waals surface area contributed by atoms with Gasteiger partial charge in [-0.15, -0.1) is 0 Å². The van der Waals surface area contributed by atoms with Gasteiger partial charge in [-0.25, -0.2) is 4.39 Å². The molecule has 0 N–H and O–H groups in total. The maximum Gasteiger partial charge on any atom is 0.264 e. The third-order valence-corrected chi connectivity index (χ3v) is 11.3. The van der Waals surface area contributed by atoms with Gasteiger partial charge in [-0.05, 0) is 54.1 Å². The molecule has 33 heavy (non-hydrogen) atoms. The van der Waals surface area contributed by atoms with Crippen LogP contribution in [0.3, 0.4) is 0 Å². The van der Waals surface area contributed by atoms with Gasteiger partial charge in [0.1, 0.15) is 29.0 Å². The zero-order chi connectivity index (χ0) is 22.7. The van der Waals surface area contributed by atoms with Gasteiger partial charge >= 0.3 is 0 Å². The van der Waals surface area contributed by atoms with Crippen molar-refractivity contribution in [3.05, 3.63) is 127 Å². The third-order valence-electron chi connectivity index (χ3n) is 6.51. The Morgan fingerprint density at radius 3 is 1.61 bits per heavy atom. The lowest BCUT2D eigenvalue weighted by Gasteiger charge is -2.32. The van der Waals surface area contributed by atoms with Crippen LogP contribution in [0.1, 0.15) is 12.0 Å². The zero-order valence-electron chi connectivity index (χ0n) is 18.3. The minimum Gasteiger partial charge on any atom is -0.335 e. The average Bonchev–Trinajstić information content (AvgIpc) is 3.23. The van der Waals surface area contributed by atoms with Crippen molar-refractivity contribution in [2.75, 3.05) is 6.54 Å². The summed E-state index contributed by atoms with van der Waals surface area (Å²) < 4.78 is 13.4. The molecule has 0 saturated carbocycles. The maximum atomic E-state index is 14.0. The van der Waals surface area contributed by atoms with Crippen LogP contribution in [0.15, 0.2) is 115 Å². The molecule has 1 heterocycles. The van der Waals surface area contributed by atoms with Gasteiger partial charge in [-0.3, -0.25) is 4.79 Å². The maximum absolute atomic E-state index is 14.0. The molecular formula is C29H26FNOP+. The first-order valence-electron chi connectivity index (χ1n) is 11.3. The normalized spacial score (nSPS) is 16.2. The van der Waals surface area contributed by atoms with Gasteiger partial charge < -0.3 is 4.90 Å². The highest BCUT2D eigenvalue weighted by molar-refractivity contribution is 7.96. The van der Waals surface area contributed by atoms with Crippen molar-refractivity contribution in [3.63, 3.8) is 0 Å². The van der Waals surface area contributed by atoms with Crippen LogP contribution in [-0.2, 0) is 11.3 Å². The number of halogens is 1. The molecule has 0 radical (unpaired) electrons. The van der Waals surface area contributed by atoms with Crippen molar-refractivity contribution < 1.29 is 9.18 Å². The van der Waals surface area contributed by atoms with Gasteiger partial charge in [0.15, 0.2) is 5.66 Å². The van der Waals surface area contributed by atoms with E-state index in [1.165, 1.54) is 28.0 Å². The second kappa shape index (κ2) is 9.29. The molecule has 5 rings (SSSR count). The molecule has 4 aromatic rings. The summed E-state index contributed by atoms with van der Waals surface area (Å²) in [4.78, 5) is 16.0. The number of likely N-dealkylation sites (tertiary alicyclic amines) is 1. The molecule has 164 valence electrons. The highest BCUT2D eigenvalue weighted by atomic mass is 31.2. The molecule has 0 aromatic heterocycles. The Hall–Kier alpha value is -3.29. The lowest BCUT2D eigenvalue weighted by atomic mass is 10.2. The molecule has 2 nitrogen and oxygen atoms in total. The van der Waals surface area contributed by atoms with E-state index in [4.69, 9.17) is 0 Å². The molecule has 1 atom stereocenters. The van der Waals surface area contributed by atoms with E-state index in [0.29, 0.717) is 13.1 Å². The van der Waals surface area contributed by atoms with Crippen molar-refractivity contribution in [2.24, 2.45) is 0 Å².